The molecule has 0 radical (unpaired) electrons. The summed E-state index contributed by atoms with van der Waals surface area (Å²) in [5.41, 5.74) is 2.94. The molecule has 0 aliphatic carbocycles. The van der Waals surface area contributed by atoms with E-state index in [0.29, 0.717) is 16.7 Å². The van der Waals surface area contributed by atoms with Gasteiger partial charge in [-0.25, -0.2) is 5.84 Å². The van der Waals surface area contributed by atoms with Gasteiger partial charge in [0.2, 0.25) is 0 Å². The van der Waals surface area contributed by atoms with Crippen LogP contribution in [0.25, 0.3) is 5.65 Å². The second kappa shape index (κ2) is 2.58. The maximum absolute atomic E-state index is 5.65. The van der Waals surface area contributed by atoms with Crippen molar-refractivity contribution < 1.29 is 0 Å². The van der Waals surface area contributed by atoms with E-state index in [1.165, 1.54) is 4.52 Å². The third-order valence-electron chi connectivity index (χ3n) is 1.36. The van der Waals surface area contributed by atoms with E-state index < -0.39 is 0 Å². The molecule has 0 unspecified atom stereocenters. The van der Waals surface area contributed by atoms with Gasteiger partial charge < -0.3 is 0 Å². The molecule has 7 heteroatoms. The second-order valence-corrected chi connectivity index (χ2v) is 2.48. The minimum Gasteiger partial charge on any atom is -0.291 e. The van der Waals surface area contributed by atoms with Crippen LogP contribution in [0.4, 0.5) is 5.95 Å². The SMILES string of the molecule is NNc1nnc2ccc(Cl)nn12. The number of hydrogen-bond acceptors (Lipinski definition) is 5. The van der Waals surface area contributed by atoms with E-state index in [-0.39, 0.29) is 0 Å². The minimum atomic E-state index is 0.354. The Bertz CT molecular complexity index is 409. The molecule has 0 aromatic carbocycles. The van der Waals surface area contributed by atoms with Crippen LogP contribution in [0.5, 0.6) is 0 Å². The van der Waals surface area contributed by atoms with Gasteiger partial charge >= 0.3 is 0 Å². The molecule has 0 atom stereocenters. The van der Waals surface area contributed by atoms with Crippen molar-refractivity contribution in [3.63, 3.8) is 0 Å². The van der Waals surface area contributed by atoms with E-state index in [2.05, 4.69) is 20.7 Å². The van der Waals surface area contributed by atoms with Gasteiger partial charge in [-0.15, -0.1) is 10.2 Å². The maximum atomic E-state index is 5.65. The first-order chi connectivity index (χ1) is 5.81. The molecule has 0 saturated heterocycles. The number of fused-ring (bicyclic) bond motifs is 1. The predicted octanol–water partition coefficient (Wildman–Crippen LogP) is 0.0633. The Labute approximate surface area is 72.3 Å². The fraction of sp³-hybridized carbons (Fsp3) is 0. The highest BCUT2D eigenvalue weighted by atomic mass is 35.5. The van der Waals surface area contributed by atoms with Crippen LogP contribution in [-0.4, -0.2) is 19.8 Å². The summed E-state index contributed by atoms with van der Waals surface area (Å²) in [6.07, 6.45) is 0. The molecule has 2 aromatic heterocycles. The van der Waals surface area contributed by atoms with Gasteiger partial charge in [0.15, 0.2) is 5.65 Å². The van der Waals surface area contributed by atoms with Crippen LogP contribution in [0.2, 0.25) is 5.15 Å². The largest absolute Gasteiger partial charge is 0.291 e. The van der Waals surface area contributed by atoms with Gasteiger partial charge in [-0.2, -0.15) is 9.61 Å². The number of nitrogens with zero attached hydrogens (tertiary/aromatic N) is 4. The number of hydrazine groups is 1. The zero-order valence-electron chi connectivity index (χ0n) is 5.90. The topological polar surface area (TPSA) is 81.1 Å². The van der Waals surface area contributed by atoms with Gasteiger partial charge in [0, 0.05) is 0 Å². The van der Waals surface area contributed by atoms with E-state index in [1.807, 2.05) is 0 Å². The van der Waals surface area contributed by atoms with Crippen LogP contribution in [0.1, 0.15) is 0 Å². The molecule has 2 heterocycles. The number of nitrogens with two attached hydrogens (primary N) is 1. The van der Waals surface area contributed by atoms with Crippen molar-refractivity contribution in [2.75, 3.05) is 5.43 Å². The molecular weight excluding hydrogens is 180 g/mol. The van der Waals surface area contributed by atoms with Gasteiger partial charge in [0.05, 0.1) is 0 Å². The molecular formula is C5H5ClN6. The third-order valence-corrected chi connectivity index (χ3v) is 1.56. The van der Waals surface area contributed by atoms with Crippen LogP contribution in [0.15, 0.2) is 12.1 Å². The Morgan fingerprint density at radius 2 is 2.25 bits per heavy atom. The lowest BCUT2D eigenvalue weighted by atomic mass is 10.6. The molecule has 0 spiro atoms. The number of nitrogen functional groups attached to an aromatic ring is 1. The van der Waals surface area contributed by atoms with Crippen molar-refractivity contribution in [1.29, 1.82) is 0 Å². The van der Waals surface area contributed by atoms with Crippen LogP contribution in [0, 0.1) is 0 Å². The fourth-order valence-electron chi connectivity index (χ4n) is 0.857. The van der Waals surface area contributed by atoms with Crippen LogP contribution >= 0.6 is 11.6 Å². The van der Waals surface area contributed by atoms with Crippen molar-refractivity contribution in [2.45, 2.75) is 0 Å². The van der Waals surface area contributed by atoms with E-state index >= 15 is 0 Å². The number of rotatable bonds is 1. The van der Waals surface area contributed by atoms with Crippen LogP contribution in [-0.2, 0) is 0 Å². The van der Waals surface area contributed by atoms with Crippen LogP contribution < -0.4 is 11.3 Å². The molecule has 2 rings (SSSR count). The molecule has 0 aliphatic rings. The molecule has 12 heavy (non-hydrogen) atoms. The summed E-state index contributed by atoms with van der Waals surface area (Å²) in [5, 5.41) is 11.8. The molecule has 6 nitrogen and oxygen atoms in total. The lowest BCUT2D eigenvalue weighted by molar-refractivity contribution is 0.924. The van der Waals surface area contributed by atoms with E-state index in [4.69, 9.17) is 17.4 Å². The Morgan fingerprint density at radius 3 is 3.00 bits per heavy atom. The zero-order chi connectivity index (χ0) is 8.55. The number of hydrogen-bond donors (Lipinski definition) is 2. The van der Waals surface area contributed by atoms with Gasteiger partial charge in [0.25, 0.3) is 5.95 Å². The smallest absolute Gasteiger partial charge is 0.260 e. The Balaban J connectivity index is 2.75. The monoisotopic (exact) mass is 184 g/mol. The third kappa shape index (κ3) is 0.973. The fourth-order valence-corrected chi connectivity index (χ4v) is 0.995. The zero-order valence-corrected chi connectivity index (χ0v) is 6.65. The molecule has 2 aromatic rings. The number of halogens is 1. The van der Waals surface area contributed by atoms with Crippen molar-refractivity contribution in [1.82, 2.24) is 19.8 Å². The molecule has 62 valence electrons. The maximum Gasteiger partial charge on any atom is 0.260 e. The van der Waals surface area contributed by atoms with E-state index in [0.717, 1.165) is 0 Å². The van der Waals surface area contributed by atoms with E-state index in [9.17, 15) is 0 Å². The molecule has 0 amide bonds. The molecule has 0 saturated carbocycles. The number of anilines is 1. The summed E-state index contributed by atoms with van der Waals surface area (Å²) in [4.78, 5) is 0. The van der Waals surface area contributed by atoms with Crippen molar-refractivity contribution in [3.05, 3.63) is 17.3 Å². The Morgan fingerprint density at radius 1 is 1.42 bits per heavy atom. The standard InChI is InChI=1S/C5H5ClN6/c6-3-1-2-4-9-10-5(8-7)12(4)11-3/h1-2H,7H2,(H,8,10). The summed E-state index contributed by atoms with van der Waals surface area (Å²) in [5.74, 6) is 5.51. The predicted molar refractivity (Wildman–Crippen MR) is 43.6 cm³/mol. The van der Waals surface area contributed by atoms with Gasteiger partial charge in [0.1, 0.15) is 5.15 Å². The quantitative estimate of drug-likeness (QED) is 0.484. The first-order valence-corrected chi connectivity index (χ1v) is 3.53. The summed E-state index contributed by atoms with van der Waals surface area (Å²) < 4.78 is 1.42. The summed E-state index contributed by atoms with van der Waals surface area (Å²) >= 11 is 5.65. The number of aromatic nitrogens is 4. The van der Waals surface area contributed by atoms with Crippen LogP contribution in [0.3, 0.4) is 0 Å². The average Bonchev–Trinajstić information content (AvgIpc) is 2.46. The van der Waals surface area contributed by atoms with Crippen molar-refractivity contribution >= 4 is 23.2 Å². The van der Waals surface area contributed by atoms with Gasteiger partial charge in [-0.1, -0.05) is 11.6 Å². The molecule has 0 aliphatic heterocycles. The summed E-state index contributed by atoms with van der Waals surface area (Å²) in [7, 11) is 0. The van der Waals surface area contributed by atoms with Gasteiger partial charge in [-0.05, 0) is 12.1 Å². The second-order valence-electron chi connectivity index (χ2n) is 2.09. The lowest BCUT2D eigenvalue weighted by Crippen LogP contribution is -2.11. The lowest BCUT2D eigenvalue weighted by Gasteiger charge is -1.95. The average molecular weight is 185 g/mol. The first-order valence-electron chi connectivity index (χ1n) is 3.16. The highest BCUT2D eigenvalue weighted by Gasteiger charge is 2.03. The first kappa shape index (κ1) is 7.26. The molecule has 3 N–H and O–H groups in total. The summed E-state index contributed by atoms with van der Waals surface area (Å²) in [6, 6.07) is 3.33. The highest BCUT2D eigenvalue weighted by Crippen LogP contribution is 2.08. The highest BCUT2D eigenvalue weighted by molar-refractivity contribution is 6.29. The Hall–Kier alpha value is -1.40. The van der Waals surface area contributed by atoms with E-state index in [1.54, 1.807) is 12.1 Å². The minimum absolute atomic E-state index is 0.354. The molecule has 0 bridgehead atoms. The normalized spacial score (nSPS) is 10.5. The number of nitrogens with one attached hydrogen (secondary N) is 1. The van der Waals surface area contributed by atoms with Crippen molar-refractivity contribution in [2.24, 2.45) is 5.84 Å². The van der Waals surface area contributed by atoms with Gasteiger partial charge in [-0.3, -0.25) is 5.43 Å². The van der Waals surface area contributed by atoms with Crippen molar-refractivity contribution in [3.8, 4) is 0 Å². The Kier molecular flexibility index (Phi) is 1.56. The summed E-state index contributed by atoms with van der Waals surface area (Å²) in [6.45, 7) is 0. The molecule has 0 fully saturated rings.